The van der Waals surface area contributed by atoms with E-state index >= 15 is 0 Å². The normalized spacial score (nSPS) is 14.1. The van der Waals surface area contributed by atoms with Gasteiger partial charge in [-0.15, -0.1) is 0 Å². The molecular formula is C18H19N5O2. The Kier molecular flexibility index (Phi) is 4.05. The molecule has 0 atom stereocenters. The maximum Gasteiger partial charge on any atom is 0.346 e. The number of rotatable bonds is 3. The molecule has 1 aliphatic rings. The molecule has 1 amide bonds. The van der Waals surface area contributed by atoms with Crippen LogP contribution in [-0.4, -0.2) is 25.2 Å². The molecule has 2 aromatic heterocycles. The van der Waals surface area contributed by atoms with Gasteiger partial charge in [-0.3, -0.25) is 14.3 Å². The van der Waals surface area contributed by atoms with Gasteiger partial charge in [-0.2, -0.15) is 5.10 Å². The van der Waals surface area contributed by atoms with Gasteiger partial charge in [0.1, 0.15) is 12.4 Å². The van der Waals surface area contributed by atoms with Crippen molar-refractivity contribution in [3.63, 3.8) is 0 Å². The molecule has 0 saturated carbocycles. The second-order valence-electron chi connectivity index (χ2n) is 6.25. The van der Waals surface area contributed by atoms with Crippen LogP contribution in [0.2, 0.25) is 0 Å². The second-order valence-corrected chi connectivity index (χ2v) is 6.25. The van der Waals surface area contributed by atoms with Crippen LogP contribution in [0.5, 0.6) is 0 Å². The molecule has 0 radical (unpaired) electrons. The van der Waals surface area contributed by atoms with Gasteiger partial charge in [-0.05, 0) is 25.0 Å². The van der Waals surface area contributed by atoms with Crippen molar-refractivity contribution in [3.8, 4) is 0 Å². The molecule has 4 rings (SSSR count). The summed E-state index contributed by atoms with van der Waals surface area (Å²) in [5.74, 6) is 0.496. The number of fused-ring (bicyclic) bond motifs is 2. The third-order valence-corrected chi connectivity index (χ3v) is 4.48. The average Bonchev–Trinajstić information content (AvgIpc) is 2.78. The van der Waals surface area contributed by atoms with Crippen LogP contribution in [0.15, 0.2) is 41.3 Å². The lowest BCUT2D eigenvalue weighted by Gasteiger charge is -2.07. The van der Waals surface area contributed by atoms with Gasteiger partial charge in [0.25, 0.3) is 0 Å². The highest BCUT2D eigenvalue weighted by molar-refractivity contribution is 6.00. The van der Waals surface area contributed by atoms with E-state index < -0.39 is 0 Å². The molecule has 7 heteroatoms. The molecule has 3 heterocycles. The summed E-state index contributed by atoms with van der Waals surface area (Å²) in [5.41, 5.74) is 1.16. The number of nitrogens with one attached hydrogen (secondary N) is 1. The molecule has 0 fully saturated rings. The summed E-state index contributed by atoms with van der Waals surface area (Å²) < 4.78 is 2.95. The van der Waals surface area contributed by atoms with E-state index in [9.17, 15) is 9.59 Å². The maximum absolute atomic E-state index is 12.4. The highest BCUT2D eigenvalue weighted by atomic mass is 16.2. The Morgan fingerprint density at radius 1 is 1.16 bits per heavy atom. The topological polar surface area (TPSA) is 81.8 Å². The minimum absolute atomic E-state index is 0.0952. The summed E-state index contributed by atoms with van der Waals surface area (Å²) in [4.78, 5) is 29.2. The number of hydrogen-bond acceptors (Lipinski definition) is 4. The minimum Gasteiger partial charge on any atom is -0.323 e. The van der Waals surface area contributed by atoms with Crippen molar-refractivity contribution in [2.45, 2.75) is 38.8 Å². The number of amides is 1. The lowest BCUT2D eigenvalue weighted by Crippen LogP contribution is -2.30. The maximum atomic E-state index is 12.4. The van der Waals surface area contributed by atoms with E-state index in [1.165, 1.54) is 4.68 Å². The van der Waals surface area contributed by atoms with Crippen molar-refractivity contribution >= 4 is 22.5 Å². The van der Waals surface area contributed by atoms with E-state index in [2.05, 4.69) is 15.4 Å². The first-order valence-electron chi connectivity index (χ1n) is 8.52. The molecule has 1 aromatic carbocycles. The lowest BCUT2D eigenvalue weighted by atomic mass is 10.2. The Bertz CT molecular complexity index is 983. The Labute approximate surface area is 144 Å². The number of carbonyl (C=O) groups is 1. The third kappa shape index (κ3) is 3.05. The van der Waals surface area contributed by atoms with E-state index in [0.717, 1.165) is 42.4 Å². The van der Waals surface area contributed by atoms with Gasteiger partial charge in [0.2, 0.25) is 5.91 Å². The summed E-state index contributed by atoms with van der Waals surface area (Å²) in [7, 11) is 0. The van der Waals surface area contributed by atoms with Crippen molar-refractivity contribution in [1.82, 2.24) is 19.3 Å². The molecule has 25 heavy (non-hydrogen) atoms. The van der Waals surface area contributed by atoms with E-state index in [1.54, 1.807) is 16.8 Å². The van der Waals surface area contributed by atoms with Gasteiger partial charge >= 0.3 is 5.69 Å². The van der Waals surface area contributed by atoms with Crippen molar-refractivity contribution in [2.24, 2.45) is 0 Å². The summed E-state index contributed by atoms with van der Waals surface area (Å²) in [6.45, 7) is 0.588. The molecule has 7 nitrogen and oxygen atoms in total. The summed E-state index contributed by atoms with van der Waals surface area (Å²) in [6, 6.07) is 9.40. The fourth-order valence-electron chi connectivity index (χ4n) is 3.26. The SMILES string of the molecule is O=C(Cn1nc2n(c1=O)CCCCC2)Nc1cccc2cccnc12. The molecule has 128 valence electrons. The van der Waals surface area contributed by atoms with E-state index in [0.29, 0.717) is 12.2 Å². The van der Waals surface area contributed by atoms with Crippen molar-refractivity contribution in [3.05, 3.63) is 52.8 Å². The number of aryl methyl sites for hydroxylation is 1. The second kappa shape index (κ2) is 6.51. The van der Waals surface area contributed by atoms with Gasteiger partial charge in [0.05, 0.1) is 11.2 Å². The Hall–Kier alpha value is -2.96. The fraction of sp³-hybridized carbons (Fsp3) is 0.333. The average molecular weight is 337 g/mol. The molecule has 3 aromatic rings. The van der Waals surface area contributed by atoms with Gasteiger partial charge < -0.3 is 5.32 Å². The number of para-hydroxylation sites is 1. The minimum atomic E-state index is -0.284. The van der Waals surface area contributed by atoms with Crippen molar-refractivity contribution < 1.29 is 4.79 Å². The van der Waals surface area contributed by atoms with E-state index in [4.69, 9.17) is 0 Å². The lowest BCUT2D eigenvalue weighted by molar-refractivity contribution is -0.117. The number of pyridine rings is 1. The van der Waals surface area contributed by atoms with Crippen LogP contribution in [0.25, 0.3) is 10.9 Å². The summed E-state index contributed by atoms with van der Waals surface area (Å²) in [5, 5.41) is 8.14. The Morgan fingerprint density at radius 3 is 2.96 bits per heavy atom. The number of benzene rings is 1. The third-order valence-electron chi connectivity index (χ3n) is 4.48. The number of anilines is 1. The standard InChI is InChI=1S/C18H19N5O2/c24-16(20-14-8-4-6-13-7-5-10-19-17(13)14)12-23-18(25)22-11-3-1-2-9-15(22)21-23/h4-8,10H,1-3,9,11-12H2,(H,20,24). The van der Waals surface area contributed by atoms with Gasteiger partial charge in [-0.1, -0.05) is 24.6 Å². The van der Waals surface area contributed by atoms with Crippen molar-refractivity contribution in [2.75, 3.05) is 5.32 Å². The Balaban J connectivity index is 1.56. The molecule has 1 N–H and O–H groups in total. The van der Waals surface area contributed by atoms with Gasteiger partial charge in [-0.25, -0.2) is 9.48 Å². The monoisotopic (exact) mass is 337 g/mol. The van der Waals surface area contributed by atoms with Gasteiger partial charge in [0, 0.05) is 24.5 Å². The summed E-state index contributed by atoms with van der Waals surface area (Å²) in [6.07, 6.45) is 5.60. The zero-order valence-corrected chi connectivity index (χ0v) is 13.8. The van der Waals surface area contributed by atoms with E-state index in [-0.39, 0.29) is 18.1 Å². The molecule has 0 spiro atoms. The number of nitrogens with zero attached hydrogens (tertiary/aromatic N) is 4. The quantitative estimate of drug-likeness (QED) is 0.792. The zero-order valence-electron chi connectivity index (χ0n) is 13.8. The molecule has 0 unspecified atom stereocenters. The van der Waals surface area contributed by atoms with Crippen LogP contribution in [0, 0.1) is 0 Å². The van der Waals surface area contributed by atoms with Crippen LogP contribution >= 0.6 is 0 Å². The zero-order chi connectivity index (χ0) is 17.2. The van der Waals surface area contributed by atoms with Crippen LogP contribution in [0.4, 0.5) is 5.69 Å². The fourth-order valence-corrected chi connectivity index (χ4v) is 3.26. The van der Waals surface area contributed by atoms with Crippen LogP contribution in [0.3, 0.4) is 0 Å². The molecule has 1 aliphatic heterocycles. The van der Waals surface area contributed by atoms with Gasteiger partial charge in [0.15, 0.2) is 0 Å². The van der Waals surface area contributed by atoms with Crippen LogP contribution in [-0.2, 0) is 24.3 Å². The Morgan fingerprint density at radius 2 is 2.04 bits per heavy atom. The first-order chi connectivity index (χ1) is 12.2. The van der Waals surface area contributed by atoms with Crippen LogP contribution in [0.1, 0.15) is 25.1 Å². The number of carbonyl (C=O) groups excluding carboxylic acids is 1. The summed E-state index contributed by atoms with van der Waals surface area (Å²) >= 11 is 0. The smallest absolute Gasteiger partial charge is 0.323 e. The molecule has 0 aliphatic carbocycles. The number of aromatic nitrogens is 4. The molecular weight excluding hydrogens is 318 g/mol. The van der Waals surface area contributed by atoms with Crippen LogP contribution < -0.4 is 11.0 Å². The first-order valence-corrected chi connectivity index (χ1v) is 8.52. The number of hydrogen-bond donors (Lipinski definition) is 1. The highest BCUT2D eigenvalue weighted by Crippen LogP contribution is 2.20. The first kappa shape index (κ1) is 15.6. The largest absolute Gasteiger partial charge is 0.346 e. The highest BCUT2D eigenvalue weighted by Gasteiger charge is 2.17. The predicted molar refractivity (Wildman–Crippen MR) is 94.4 cm³/mol. The molecule has 0 saturated heterocycles. The van der Waals surface area contributed by atoms with E-state index in [1.807, 2.05) is 24.3 Å². The predicted octanol–water partition coefficient (Wildman–Crippen LogP) is 1.96. The molecule has 0 bridgehead atoms. The van der Waals surface area contributed by atoms with Crippen molar-refractivity contribution in [1.29, 1.82) is 0 Å².